The summed E-state index contributed by atoms with van der Waals surface area (Å²) < 4.78 is 0. The Morgan fingerprint density at radius 2 is 1.74 bits per heavy atom. The molecule has 5 heteroatoms. The third-order valence-electron chi connectivity index (χ3n) is 4.04. The molecule has 1 aromatic rings. The molecule has 0 saturated carbocycles. The molecule has 0 atom stereocenters. The van der Waals surface area contributed by atoms with E-state index in [1.54, 1.807) is 6.07 Å². The third-order valence-corrected chi connectivity index (χ3v) is 4.04. The van der Waals surface area contributed by atoms with E-state index in [2.05, 4.69) is 22.0 Å². The van der Waals surface area contributed by atoms with Crippen LogP contribution in [0.5, 0.6) is 0 Å². The summed E-state index contributed by atoms with van der Waals surface area (Å²) in [5.41, 5.74) is 2.79. The number of hydrogen-bond acceptors (Lipinski definition) is 4. The van der Waals surface area contributed by atoms with Gasteiger partial charge in [0.05, 0.1) is 5.56 Å². The largest absolute Gasteiger partial charge is 0.478 e. The smallest absolute Gasteiger partial charge is 0.335 e. The molecule has 1 fully saturated rings. The van der Waals surface area contributed by atoms with Crippen molar-refractivity contribution in [3.8, 4) is 0 Å². The quantitative estimate of drug-likeness (QED) is 0.855. The van der Waals surface area contributed by atoms with E-state index in [0.717, 1.165) is 44.8 Å². The van der Waals surface area contributed by atoms with E-state index in [1.807, 2.05) is 12.1 Å². The lowest BCUT2D eigenvalue weighted by molar-refractivity contribution is -0.0581. The SMILES string of the molecule is CN1CCN(N2Cc3ccc(C(=O)O)cc3C2)CC1. The Balaban J connectivity index is 1.71. The Bertz CT molecular complexity index is 495. The molecule has 0 bridgehead atoms. The summed E-state index contributed by atoms with van der Waals surface area (Å²) >= 11 is 0. The molecule has 0 radical (unpaired) electrons. The van der Waals surface area contributed by atoms with Gasteiger partial charge < -0.3 is 10.0 Å². The highest BCUT2D eigenvalue weighted by Gasteiger charge is 2.26. The molecule has 0 aromatic heterocycles. The number of carboxylic acids is 1. The lowest BCUT2D eigenvalue weighted by atomic mass is 10.1. The topological polar surface area (TPSA) is 47.0 Å². The van der Waals surface area contributed by atoms with Gasteiger partial charge in [0, 0.05) is 39.3 Å². The highest BCUT2D eigenvalue weighted by molar-refractivity contribution is 5.87. The number of nitrogens with zero attached hydrogens (tertiary/aromatic N) is 3. The number of carboxylic acid groups (broad SMARTS) is 1. The predicted molar refractivity (Wildman–Crippen MR) is 71.7 cm³/mol. The number of hydrogen-bond donors (Lipinski definition) is 1. The van der Waals surface area contributed by atoms with Gasteiger partial charge in [0.15, 0.2) is 0 Å². The van der Waals surface area contributed by atoms with Crippen molar-refractivity contribution in [3.05, 3.63) is 34.9 Å². The second-order valence-electron chi connectivity index (χ2n) is 5.37. The molecule has 2 heterocycles. The first-order chi connectivity index (χ1) is 9.13. The zero-order chi connectivity index (χ0) is 13.4. The summed E-state index contributed by atoms with van der Waals surface area (Å²) in [6, 6.07) is 5.47. The number of fused-ring (bicyclic) bond motifs is 1. The van der Waals surface area contributed by atoms with Gasteiger partial charge in [-0.2, -0.15) is 0 Å². The van der Waals surface area contributed by atoms with Gasteiger partial charge in [-0.1, -0.05) is 6.07 Å². The molecule has 2 aliphatic heterocycles. The fraction of sp³-hybridized carbons (Fsp3) is 0.500. The van der Waals surface area contributed by atoms with Crippen LogP contribution in [0.15, 0.2) is 18.2 Å². The first kappa shape index (κ1) is 12.6. The first-order valence-electron chi connectivity index (χ1n) is 6.67. The lowest BCUT2D eigenvalue weighted by Gasteiger charge is -2.38. The van der Waals surface area contributed by atoms with Gasteiger partial charge in [0.25, 0.3) is 0 Å². The number of rotatable bonds is 2. The third kappa shape index (κ3) is 2.49. The van der Waals surface area contributed by atoms with E-state index >= 15 is 0 Å². The molecule has 1 saturated heterocycles. The van der Waals surface area contributed by atoms with Gasteiger partial charge in [-0.15, -0.1) is 0 Å². The van der Waals surface area contributed by atoms with Crippen LogP contribution in [0.4, 0.5) is 0 Å². The first-order valence-corrected chi connectivity index (χ1v) is 6.67. The number of hydrazine groups is 1. The van der Waals surface area contributed by atoms with E-state index in [9.17, 15) is 4.79 Å². The van der Waals surface area contributed by atoms with Crippen LogP contribution in [0.3, 0.4) is 0 Å². The zero-order valence-corrected chi connectivity index (χ0v) is 11.2. The average molecular weight is 261 g/mol. The molecule has 102 valence electrons. The molecule has 0 spiro atoms. The van der Waals surface area contributed by atoms with Crippen LogP contribution in [0.2, 0.25) is 0 Å². The Labute approximate surface area is 113 Å². The van der Waals surface area contributed by atoms with Crippen LogP contribution in [0.25, 0.3) is 0 Å². The van der Waals surface area contributed by atoms with Crippen LogP contribution >= 0.6 is 0 Å². The molecule has 0 unspecified atom stereocenters. The van der Waals surface area contributed by atoms with Gasteiger partial charge in [-0.25, -0.2) is 14.8 Å². The fourth-order valence-corrected chi connectivity index (χ4v) is 2.79. The Morgan fingerprint density at radius 1 is 1.05 bits per heavy atom. The highest BCUT2D eigenvalue weighted by atomic mass is 16.4. The van der Waals surface area contributed by atoms with E-state index in [1.165, 1.54) is 5.56 Å². The minimum Gasteiger partial charge on any atom is -0.478 e. The van der Waals surface area contributed by atoms with E-state index in [0.29, 0.717) is 5.56 Å². The van der Waals surface area contributed by atoms with Crippen LogP contribution < -0.4 is 0 Å². The summed E-state index contributed by atoms with van der Waals surface area (Å²) in [5.74, 6) is -0.846. The predicted octanol–water partition coefficient (Wildman–Crippen LogP) is 0.863. The fourth-order valence-electron chi connectivity index (χ4n) is 2.79. The van der Waals surface area contributed by atoms with Crippen molar-refractivity contribution in [1.29, 1.82) is 0 Å². The van der Waals surface area contributed by atoms with Crippen LogP contribution in [0.1, 0.15) is 21.5 Å². The van der Waals surface area contributed by atoms with Gasteiger partial charge in [0.2, 0.25) is 0 Å². The summed E-state index contributed by atoms with van der Waals surface area (Å²) in [7, 11) is 2.15. The van der Waals surface area contributed by atoms with Crippen LogP contribution in [0, 0.1) is 0 Å². The standard InChI is InChI=1S/C14H19N3O2/c1-15-4-6-16(7-5-15)17-9-12-3-2-11(14(18)19)8-13(12)10-17/h2-3,8H,4-7,9-10H2,1H3,(H,18,19). The molecule has 2 aliphatic rings. The summed E-state index contributed by atoms with van der Waals surface area (Å²) in [6.07, 6.45) is 0. The monoisotopic (exact) mass is 261 g/mol. The maximum atomic E-state index is 11.0. The van der Waals surface area contributed by atoms with Crippen molar-refractivity contribution in [1.82, 2.24) is 14.9 Å². The number of piperazine rings is 1. The molecule has 1 aromatic carbocycles. The van der Waals surface area contributed by atoms with Gasteiger partial charge in [-0.3, -0.25) is 0 Å². The maximum absolute atomic E-state index is 11.0. The van der Waals surface area contributed by atoms with Crippen LogP contribution in [-0.4, -0.2) is 59.2 Å². The molecule has 19 heavy (non-hydrogen) atoms. The Kier molecular flexibility index (Phi) is 3.26. The second kappa shape index (κ2) is 4.92. The average Bonchev–Trinajstić information content (AvgIpc) is 2.82. The molecule has 3 rings (SSSR count). The molecule has 0 amide bonds. The second-order valence-corrected chi connectivity index (χ2v) is 5.37. The number of benzene rings is 1. The maximum Gasteiger partial charge on any atom is 0.335 e. The zero-order valence-electron chi connectivity index (χ0n) is 11.2. The summed E-state index contributed by atoms with van der Waals surface area (Å²) in [4.78, 5) is 13.3. The summed E-state index contributed by atoms with van der Waals surface area (Å²) in [5, 5.41) is 13.8. The summed E-state index contributed by atoms with van der Waals surface area (Å²) in [6.45, 7) is 6.02. The number of carbonyl (C=O) groups is 1. The number of likely N-dealkylation sites (N-methyl/N-ethyl adjacent to an activating group) is 1. The van der Waals surface area contributed by atoms with Gasteiger partial charge in [0.1, 0.15) is 0 Å². The van der Waals surface area contributed by atoms with Gasteiger partial charge in [-0.05, 0) is 30.3 Å². The van der Waals surface area contributed by atoms with Gasteiger partial charge >= 0.3 is 5.97 Å². The molecular formula is C14H19N3O2. The molecular weight excluding hydrogens is 242 g/mol. The number of aromatic carboxylic acids is 1. The minimum absolute atomic E-state index is 0.388. The van der Waals surface area contributed by atoms with Crippen molar-refractivity contribution >= 4 is 5.97 Å². The molecule has 0 aliphatic carbocycles. The molecule has 1 N–H and O–H groups in total. The Morgan fingerprint density at radius 3 is 2.42 bits per heavy atom. The van der Waals surface area contributed by atoms with Crippen LogP contribution in [-0.2, 0) is 13.1 Å². The van der Waals surface area contributed by atoms with E-state index in [-0.39, 0.29) is 0 Å². The van der Waals surface area contributed by atoms with Crippen molar-refractivity contribution in [2.45, 2.75) is 13.1 Å². The van der Waals surface area contributed by atoms with E-state index < -0.39 is 5.97 Å². The minimum atomic E-state index is -0.846. The Hall–Kier alpha value is -1.43. The normalized spacial score (nSPS) is 21.5. The highest BCUT2D eigenvalue weighted by Crippen LogP contribution is 2.25. The van der Waals surface area contributed by atoms with Crippen molar-refractivity contribution in [2.75, 3.05) is 33.2 Å². The molecule has 5 nitrogen and oxygen atoms in total. The van der Waals surface area contributed by atoms with Crippen molar-refractivity contribution in [3.63, 3.8) is 0 Å². The van der Waals surface area contributed by atoms with E-state index in [4.69, 9.17) is 5.11 Å². The van der Waals surface area contributed by atoms with Crippen molar-refractivity contribution in [2.24, 2.45) is 0 Å². The lowest BCUT2D eigenvalue weighted by Crippen LogP contribution is -2.50. The van der Waals surface area contributed by atoms with Crippen molar-refractivity contribution < 1.29 is 9.90 Å².